The van der Waals surface area contributed by atoms with Crippen molar-refractivity contribution in [2.75, 3.05) is 20.1 Å². The normalized spacial score (nSPS) is 31.7. The Hall–Kier alpha value is -0.0800. The van der Waals surface area contributed by atoms with Crippen molar-refractivity contribution in [3.05, 3.63) is 0 Å². The predicted octanol–water partition coefficient (Wildman–Crippen LogP) is 1.86. The summed E-state index contributed by atoms with van der Waals surface area (Å²) < 4.78 is 0. The molecule has 1 saturated carbocycles. The second-order valence-corrected chi connectivity index (χ2v) is 5.12. The van der Waals surface area contributed by atoms with Crippen LogP contribution in [0.3, 0.4) is 0 Å². The minimum Gasteiger partial charge on any atom is -0.310 e. The molecule has 2 atom stereocenters. The number of rotatable bonds is 4. The van der Waals surface area contributed by atoms with Crippen LogP contribution in [0.1, 0.15) is 39.0 Å². The van der Waals surface area contributed by atoms with E-state index in [0.29, 0.717) is 0 Å². The molecule has 1 N–H and O–H groups in total. The molecule has 0 radical (unpaired) electrons. The highest BCUT2D eigenvalue weighted by atomic mass is 15.1. The number of hydrogen-bond acceptors (Lipinski definition) is 2. The Morgan fingerprint density at radius 1 is 1.36 bits per heavy atom. The molecular formula is C12H24N2. The topological polar surface area (TPSA) is 15.3 Å². The van der Waals surface area contributed by atoms with Crippen molar-refractivity contribution in [2.45, 2.75) is 51.1 Å². The Kier molecular flexibility index (Phi) is 3.45. The molecule has 0 spiro atoms. The molecule has 0 bridgehead atoms. The zero-order valence-corrected chi connectivity index (χ0v) is 9.63. The van der Waals surface area contributed by atoms with Crippen molar-refractivity contribution in [3.63, 3.8) is 0 Å². The van der Waals surface area contributed by atoms with Gasteiger partial charge in [0.1, 0.15) is 0 Å². The highest BCUT2D eigenvalue weighted by Gasteiger charge is 2.31. The van der Waals surface area contributed by atoms with Crippen LogP contribution in [-0.4, -0.2) is 37.1 Å². The molecule has 2 aliphatic rings. The molecule has 2 unspecified atom stereocenters. The van der Waals surface area contributed by atoms with Gasteiger partial charge in [0.2, 0.25) is 0 Å². The molecule has 0 amide bonds. The fourth-order valence-electron chi connectivity index (χ4n) is 2.69. The zero-order valence-electron chi connectivity index (χ0n) is 9.63. The molecule has 2 heteroatoms. The van der Waals surface area contributed by atoms with Gasteiger partial charge in [-0.15, -0.1) is 0 Å². The van der Waals surface area contributed by atoms with Crippen LogP contribution in [0.2, 0.25) is 0 Å². The summed E-state index contributed by atoms with van der Waals surface area (Å²) in [5.74, 6) is 1.01. The molecule has 2 nitrogen and oxygen atoms in total. The van der Waals surface area contributed by atoms with Crippen LogP contribution in [-0.2, 0) is 0 Å². The summed E-state index contributed by atoms with van der Waals surface area (Å²) in [5.41, 5.74) is 0. The van der Waals surface area contributed by atoms with E-state index in [9.17, 15) is 0 Å². The third kappa shape index (κ3) is 2.71. The molecule has 1 aliphatic heterocycles. The predicted molar refractivity (Wildman–Crippen MR) is 60.5 cm³/mol. The van der Waals surface area contributed by atoms with Crippen molar-refractivity contribution >= 4 is 0 Å². The maximum absolute atomic E-state index is 3.86. The average molecular weight is 196 g/mol. The van der Waals surface area contributed by atoms with E-state index < -0.39 is 0 Å². The van der Waals surface area contributed by atoms with Crippen LogP contribution in [0.15, 0.2) is 0 Å². The van der Waals surface area contributed by atoms with Gasteiger partial charge in [0.15, 0.2) is 0 Å². The first-order valence-electron chi connectivity index (χ1n) is 6.24. The average Bonchev–Trinajstić information content (AvgIpc) is 2.97. The van der Waals surface area contributed by atoms with E-state index in [1.54, 1.807) is 0 Å². The van der Waals surface area contributed by atoms with Gasteiger partial charge in [-0.2, -0.15) is 0 Å². The van der Waals surface area contributed by atoms with E-state index in [4.69, 9.17) is 0 Å². The second kappa shape index (κ2) is 4.63. The number of likely N-dealkylation sites (N-methyl/N-ethyl adjacent to an activating group) is 1. The first kappa shape index (κ1) is 10.4. The monoisotopic (exact) mass is 196 g/mol. The van der Waals surface area contributed by atoms with Crippen molar-refractivity contribution < 1.29 is 0 Å². The number of nitrogens with zero attached hydrogens (tertiary/aromatic N) is 1. The first-order valence-corrected chi connectivity index (χ1v) is 6.24. The molecule has 0 aromatic heterocycles. The van der Waals surface area contributed by atoms with Crippen LogP contribution in [0.25, 0.3) is 0 Å². The van der Waals surface area contributed by atoms with Crippen LogP contribution >= 0.6 is 0 Å². The maximum atomic E-state index is 3.86. The summed E-state index contributed by atoms with van der Waals surface area (Å²) in [4.78, 5) is 2.46. The van der Waals surface area contributed by atoms with Gasteiger partial charge < -0.3 is 10.2 Å². The van der Waals surface area contributed by atoms with Crippen LogP contribution in [0, 0.1) is 5.92 Å². The van der Waals surface area contributed by atoms with E-state index in [1.807, 2.05) is 0 Å². The summed E-state index contributed by atoms with van der Waals surface area (Å²) in [7, 11) is 2.24. The Balaban J connectivity index is 1.76. The lowest BCUT2D eigenvalue weighted by molar-refractivity contribution is 0.210. The summed E-state index contributed by atoms with van der Waals surface area (Å²) >= 11 is 0. The van der Waals surface area contributed by atoms with E-state index in [-0.39, 0.29) is 0 Å². The molecule has 2 fully saturated rings. The van der Waals surface area contributed by atoms with E-state index in [0.717, 1.165) is 18.0 Å². The Bertz CT molecular complexity index is 177. The van der Waals surface area contributed by atoms with Crippen molar-refractivity contribution in [1.29, 1.82) is 0 Å². The van der Waals surface area contributed by atoms with Gasteiger partial charge in [-0.1, -0.05) is 6.92 Å². The fourth-order valence-corrected chi connectivity index (χ4v) is 2.69. The molecule has 82 valence electrons. The number of likely N-dealkylation sites (tertiary alicyclic amines) is 1. The second-order valence-electron chi connectivity index (χ2n) is 5.12. The lowest BCUT2D eigenvalue weighted by Gasteiger charge is -2.33. The number of nitrogens with one attached hydrogen (secondary N) is 1. The third-order valence-corrected chi connectivity index (χ3v) is 3.71. The molecule has 1 aliphatic carbocycles. The van der Waals surface area contributed by atoms with Gasteiger partial charge in [0, 0.05) is 18.6 Å². The highest BCUT2D eigenvalue weighted by Crippen LogP contribution is 2.34. The van der Waals surface area contributed by atoms with Crippen molar-refractivity contribution in [2.24, 2.45) is 5.92 Å². The van der Waals surface area contributed by atoms with E-state index in [1.165, 1.54) is 45.2 Å². The third-order valence-electron chi connectivity index (χ3n) is 3.71. The van der Waals surface area contributed by atoms with Crippen LogP contribution < -0.4 is 5.32 Å². The molecule has 1 saturated heterocycles. The minimum atomic E-state index is 0.763. The minimum absolute atomic E-state index is 0.763. The summed E-state index contributed by atoms with van der Waals surface area (Å²) in [5, 5.41) is 3.86. The first-order chi connectivity index (χ1) is 6.79. The fraction of sp³-hybridized carbons (Fsp3) is 1.00. The number of piperidine rings is 1. The summed E-state index contributed by atoms with van der Waals surface area (Å²) in [6.45, 7) is 4.87. The Labute approximate surface area is 88.1 Å². The summed E-state index contributed by atoms with van der Waals surface area (Å²) in [6.07, 6.45) is 7.00. The standard InChI is InChI=1S/C12H24N2/c1-3-12(10-6-7-10)13-11-5-4-8-14(2)9-11/h10-13H,3-9H2,1-2H3. The lowest BCUT2D eigenvalue weighted by Crippen LogP contribution is -2.48. The van der Waals surface area contributed by atoms with E-state index in [2.05, 4.69) is 24.2 Å². The van der Waals surface area contributed by atoms with Crippen LogP contribution in [0.4, 0.5) is 0 Å². The molecule has 14 heavy (non-hydrogen) atoms. The lowest BCUT2D eigenvalue weighted by atomic mass is 10.0. The van der Waals surface area contributed by atoms with E-state index >= 15 is 0 Å². The van der Waals surface area contributed by atoms with Crippen LogP contribution in [0.5, 0.6) is 0 Å². The summed E-state index contributed by atoms with van der Waals surface area (Å²) in [6, 6.07) is 1.57. The van der Waals surface area contributed by atoms with Gasteiger partial charge in [-0.05, 0) is 51.6 Å². The van der Waals surface area contributed by atoms with Gasteiger partial charge >= 0.3 is 0 Å². The molecular weight excluding hydrogens is 172 g/mol. The quantitative estimate of drug-likeness (QED) is 0.738. The largest absolute Gasteiger partial charge is 0.310 e. The van der Waals surface area contributed by atoms with Crippen molar-refractivity contribution in [3.8, 4) is 0 Å². The molecule has 1 heterocycles. The number of hydrogen-bond donors (Lipinski definition) is 1. The molecule has 0 aromatic carbocycles. The SMILES string of the molecule is CCC(NC1CCCN(C)C1)C1CC1. The maximum Gasteiger partial charge on any atom is 0.0198 e. The van der Waals surface area contributed by atoms with Gasteiger partial charge in [-0.3, -0.25) is 0 Å². The zero-order chi connectivity index (χ0) is 9.97. The van der Waals surface area contributed by atoms with Gasteiger partial charge in [0.05, 0.1) is 0 Å². The smallest absolute Gasteiger partial charge is 0.0198 e. The van der Waals surface area contributed by atoms with Crippen molar-refractivity contribution in [1.82, 2.24) is 10.2 Å². The Morgan fingerprint density at radius 2 is 2.14 bits per heavy atom. The Morgan fingerprint density at radius 3 is 2.71 bits per heavy atom. The van der Waals surface area contributed by atoms with Gasteiger partial charge in [-0.25, -0.2) is 0 Å². The highest BCUT2D eigenvalue weighted by molar-refractivity contribution is 4.89. The molecule has 0 aromatic rings. The molecule has 2 rings (SSSR count). The van der Waals surface area contributed by atoms with Gasteiger partial charge in [0.25, 0.3) is 0 Å².